The quantitative estimate of drug-likeness (QED) is 0.808. The molecule has 2 rings (SSSR count). The van der Waals surface area contributed by atoms with Gasteiger partial charge in [-0.3, -0.25) is 0 Å². The van der Waals surface area contributed by atoms with Crippen LogP contribution in [0.5, 0.6) is 6.01 Å². The average molecular weight is 281 g/mol. The highest BCUT2D eigenvalue weighted by molar-refractivity contribution is 5.38. The molecule has 0 radical (unpaired) electrons. The second kappa shape index (κ2) is 7.23. The Labute approximate surface area is 119 Å². The molecule has 1 N–H and O–H groups in total. The van der Waals surface area contributed by atoms with Gasteiger partial charge in [-0.15, -0.1) is 0 Å². The number of hydrogen-bond acceptors (Lipinski definition) is 7. The van der Waals surface area contributed by atoms with Gasteiger partial charge in [0.1, 0.15) is 6.10 Å². The van der Waals surface area contributed by atoms with Crippen molar-refractivity contribution in [3.63, 3.8) is 0 Å². The second-order valence-electron chi connectivity index (χ2n) is 4.55. The maximum atomic E-state index is 5.79. The van der Waals surface area contributed by atoms with E-state index in [0.717, 1.165) is 32.7 Å². The number of ether oxygens (including phenoxy) is 2. The van der Waals surface area contributed by atoms with Gasteiger partial charge in [-0.1, -0.05) is 0 Å². The Hall–Kier alpha value is -1.63. The molecule has 7 heteroatoms. The highest BCUT2D eigenvalue weighted by atomic mass is 16.6. The van der Waals surface area contributed by atoms with Gasteiger partial charge in [0, 0.05) is 26.1 Å². The predicted molar refractivity (Wildman–Crippen MR) is 77.4 cm³/mol. The summed E-state index contributed by atoms with van der Waals surface area (Å²) in [6.45, 7) is 9.94. The summed E-state index contributed by atoms with van der Waals surface area (Å²) in [4.78, 5) is 15.2. The summed E-state index contributed by atoms with van der Waals surface area (Å²) >= 11 is 0. The minimum absolute atomic E-state index is 0.0384. The largest absolute Gasteiger partial charge is 0.457 e. The monoisotopic (exact) mass is 281 g/mol. The molecule has 1 aliphatic rings. The highest BCUT2D eigenvalue weighted by Gasteiger charge is 2.20. The zero-order valence-electron chi connectivity index (χ0n) is 12.4. The van der Waals surface area contributed by atoms with E-state index in [9.17, 15) is 0 Å². The zero-order valence-corrected chi connectivity index (χ0v) is 12.4. The van der Waals surface area contributed by atoms with Crippen LogP contribution in [0.2, 0.25) is 0 Å². The Kier molecular flexibility index (Phi) is 5.34. The molecule has 1 saturated heterocycles. The summed E-state index contributed by atoms with van der Waals surface area (Å²) in [7, 11) is 0. The molecule has 0 spiro atoms. The van der Waals surface area contributed by atoms with Crippen LogP contribution in [0.1, 0.15) is 27.2 Å². The van der Waals surface area contributed by atoms with Crippen molar-refractivity contribution in [1.82, 2.24) is 15.0 Å². The van der Waals surface area contributed by atoms with Crippen LogP contribution in [0.25, 0.3) is 0 Å². The first-order valence-corrected chi connectivity index (χ1v) is 7.26. The second-order valence-corrected chi connectivity index (χ2v) is 4.55. The number of nitrogens with one attached hydrogen (secondary N) is 1. The van der Waals surface area contributed by atoms with E-state index in [1.165, 1.54) is 0 Å². The Balaban J connectivity index is 2.19. The standard InChI is InChI=1S/C13H23N5O2/c1-4-14-11-15-12(18(5-2)6-3)17-13(16-11)20-10-7-8-19-9-10/h10H,4-9H2,1-3H3,(H,14,15,16,17). The van der Waals surface area contributed by atoms with E-state index >= 15 is 0 Å². The molecule has 7 nitrogen and oxygen atoms in total. The lowest BCUT2D eigenvalue weighted by Crippen LogP contribution is -2.26. The van der Waals surface area contributed by atoms with Crippen LogP contribution in [0.4, 0.5) is 11.9 Å². The molecular weight excluding hydrogens is 258 g/mol. The SMILES string of the molecule is CCNc1nc(OC2CCOC2)nc(N(CC)CC)n1. The van der Waals surface area contributed by atoms with Crippen molar-refractivity contribution >= 4 is 11.9 Å². The third kappa shape index (κ3) is 3.69. The molecule has 2 heterocycles. The van der Waals surface area contributed by atoms with Gasteiger partial charge < -0.3 is 19.7 Å². The summed E-state index contributed by atoms with van der Waals surface area (Å²) < 4.78 is 11.1. The van der Waals surface area contributed by atoms with Crippen LogP contribution in [-0.4, -0.2) is 53.9 Å². The van der Waals surface area contributed by atoms with Gasteiger partial charge in [0.15, 0.2) is 0 Å². The third-order valence-electron chi connectivity index (χ3n) is 3.14. The lowest BCUT2D eigenvalue weighted by molar-refractivity contribution is 0.134. The fourth-order valence-corrected chi connectivity index (χ4v) is 2.04. The van der Waals surface area contributed by atoms with E-state index in [1.54, 1.807) is 0 Å². The summed E-state index contributed by atoms with van der Waals surface area (Å²) in [5.41, 5.74) is 0. The van der Waals surface area contributed by atoms with Gasteiger partial charge >= 0.3 is 6.01 Å². The summed E-state index contributed by atoms with van der Waals surface area (Å²) in [5, 5.41) is 3.12. The first-order valence-electron chi connectivity index (χ1n) is 7.26. The van der Waals surface area contributed by atoms with Crippen molar-refractivity contribution in [3.8, 4) is 6.01 Å². The Morgan fingerprint density at radius 1 is 1.25 bits per heavy atom. The first-order chi connectivity index (χ1) is 9.76. The molecule has 20 heavy (non-hydrogen) atoms. The average Bonchev–Trinajstić information content (AvgIpc) is 2.93. The van der Waals surface area contributed by atoms with Crippen molar-refractivity contribution in [2.45, 2.75) is 33.3 Å². The van der Waals surface area contributed by atoms with Gasteiger partial charge in [-0.05, 0) is 20.8 Å². The molecule has 1 fully saturated rings. The van der Waals surface area contributed by atoms with Crippen molar-refractivity contribution in [2.75, 3.05) is 43.1 Å². The molecule has 0 saturated carbocycles. The fraction of sp³-hybridized carbons (Fsp3) is 0.769. The molecule has 1 atom stereocenters. The van der Waals surface area contributed by atoms with E-state index in [2.05, 4.69) is 39.0 Å². The molecule has 1 aliphatic heterocycles. The third-order valence-corrected chi connectivity index (χ3v) is 3.14. The minimum Gasteiger partial charge on any atom is -0.457 e. The molecule has 0 aliphatic carbocycles. The summed E-state index contributed by atoms with van der Waals surface area (Å²) in [5.74, 6) is 1.20. The lowest BCUT2D eigenvalue weighted by atomic mass is 10.3. The molecule has 1 aromatic rings. The molecular formula is C13H23N5O2. The summed E-state index contributed by atoms with van der Waals surface area (Å²) in [6.07, 6.45) is 0.916. The molecule has 0 bridgehead atoms. The van der Waals surface area contributed by atoms with Crippen molar-refractivity contribution in [1.29, 1.82) is 0 Å². The van der Waals surface area contributed by atoms with Gasteiger partial charge in [0.05, 0.1) is 13.2 Å². The number of anilines is 2. The molecule has 0 aromatic carbocycles. The van der Waals surface area contributed by atoms with E-state index in [0.29, 0.717) is 24.5 Å². The Morgan fingerprint density at radius 2 is 2.05 bits per heavy atom. The zero-order chi connectivity index (χ0) is 14.4. The number of aromatic nitrogens is 3. The molecule has 112 valence electrons. The van der Waals surface area contributed by atoms with E-state index < -0.39 is 0 Å². The molecule has 1 unspecified atom stereocenters. The minimum atomic E-state index is 0.0384. The van der Waals surface area contributed by atoms with Gasteiger partial charge in [-0.25, -0.2) is 0 Å². The topological polar surface area (TPSA) is 72.4 Å². The maximum absolute atomic E-state index is 5.79. The van der Waals surface area contributed by atoms with Crippen molar-refractivity contribution < 1.29 is 9.47 Å². The first kappa shape index (κ1) is 14.8. The summed E-state index contributed by atoms with van der Waals surface area (Å²) in [6, 6.07) is 0.369. The predicted octanol–water partition coefficient (Wildman–Crippen LogP) is 1.32. The Morgan fingerprint density at radius 3 is 2.65 bits per heavy atom. The van der Waals surface area contributed by atoms with Crippen LogP contribution < -0.4 is 15.0 Å². The van der Waals surface area contributed by atoms with Gasteiger partial charge in [0.2, 0.25) is 11.9 Å². The molecule has 0 amide bonds. The highest BCUT2D eigenvalue weighted by Crippen LogP contribution is 2.18. The number of nitrogens with zero attached hydrogens (tertiary/aromatic N) is 4. The van der Waals surface area contributed by atoms with E-state index in [4.69, 9.17) is 9.47 Å². The smallest absolute Gasteiger partial charge is 0.323 e. The van der Waals surface area contributed by atoms with Crippen LogP contribution in [0, 0.1) is 0 Å². The number of hydrogen-bond donors (Lipinski definition) is 1. The van der Waals surface area contributed by atoms with Gasteiger partial charge in [0.25, 0.3) is 0 Å². The van der Waals surface area contributed by atoms with Crippen LogP contribution in [0.3, 0.4) is 0 Å². The maximum Gasteiger partial charge on any atom is 0.323 e. The fourth-order valence-electron chi connectivity index (χ4n) is 2.04. The lowest BCUT2D eigenvalue weighted by Gasteiger charge is -2.20. The van der Waals surface area contributed by atoms with Gasteiger partial charge in [-0.2, -0.15) is 15.0 Å². The normalized spacial score (nSPS) is 18.1. The van der Waals surface area contributed by atoms with Crippen LogP contribution in [-0.2, 0) is 4.74 Å². The van der Waals surface area contributed by atoms with Crippen LogP contribution in [0.15, 0.2) is 0 Å². The van der Waals surface area contributed by atoms with Crippen LogP contribution >= 0.6 is 0 Å². The van der Waals surface area contributed by atoms with Crippen molar-refractivity contribution in [3.05, 3.63) is 0 Å². The van der Waals surface area contributed by atoms with E-state index in [1.807, 2.05) is 6.92 Å². The van der Waals surface area contributed by atoms with E-state index in [-0.39, 0.29) is 6.10 Å². The number of rotatable bonds is 7. The van der Waals surface area contributed by atoms with Crippen molar-refractivity contribution in [2.24, 2.45) is 0 Å². The molecule has 1 aromatic heterocycles. The Bertz CT molecular complexity index is 419.